The highest BCUT2D eigenvalue weighted by Gasteiger charge is 2.11. The van der Waals surface area contributed by atoms with Crippen molar-refractivity contribution in [3.05, 3.63) is 34.5 Å². The van der Waals surface area contributed by atoms with E-state index in [1.807, 2.05) is 0 Å². The quantitative estimate of drug-likeness (QED) is 0.660. The summed E-state index contributed by atoms with van der Waals surface area (Å²) in [6, 6.07) is 2.69. The maximum Gasteiger partial charge on any atom is 0.142 e. The Morgan fingerprint density at radius 2 is 1.25 bits per heavy atom. The summed E-state index contributed by atoms with van der Waals surface area (Å²) in [5.74, 6) is -0.692. The van der Waals surface area contributed by atoms with Crippen LogP contribution in [-0.4, -0.2) is 0 Å². The minimum absolute atomic E-state index is 0.346. The maximum atomic E-state index is 12.9. The zero-order valence-corrected chi connectivity index (χ0v) is 7.51. The van der Waals surface area contributed by atoms with Crippen molar-refractivity contribution in [2.24, 2.45) is 0 Å². The fourth-order valence-electron chi connectivity index (χ4n) is 0.912. The molecule has 0 fully saturated rings. The van der Waals surface area contributed by atoms with Crippen molar-refractivity contribution in [2.45, 2.75) is 0 Å². The van der Waals surface area contributed by atoms with Crippen LogP contribution in [0.25, 0.3) is 9.75 Å². The van der Waals surface area contributed by atoms with E-state index in [2.05, 4.69) is 0 Å². The highest BCUT2D eigenvalue weighted by atomic mass is 32.1. The molecule has 2 aromatic rings. The minimum Gasteiger partial charge on any atom is -0.205 e. The number of hydrogen-bond donors (Lipinski definition) is 0. The van der Waals surface area contributed by atoms with Crippen LogP contribution in [-0.2, 0) is 0 Å². The summed E-state index contributed by atoms with van der Waals surface area (Å²) in [5, 5.41) is 3.23. The predicted molar refractivity (Wildman–Crippen MR) is 47.5 cm³/mol. The predicted octanol–water partition coefficient (Wildman–Crippen LogP) is 3.75. The van der Waals surface area contributed by atoms with Crippen LogP contribution in [0, 0.1) is 11.6 Å². The molecule has 0 aliphatic heterocycles. The van der Waals surface area contributed by atoms with Gasteiger partial charge in [0, 0.05) is 0 Å². The van der Waals surface area contributed by atoms with E-state index < -0.39 is 0 Å². The molecule has 0 unspecified atom stereocenters. The first-order valence-electron chi connectivity index (χ1n) is 3.25. The maximum absolute atomic E-state index is 12.9. The molecule has 0 bridgehead atoms. The fraction of sp³-hybridized carbons (Fsp3) is 0. The second kappa shape index (κ2) is 2.95. The van der Waals surface area contributed by atoms with Gasteiger partial charge in [0.1, 0.15) is 11.6 Å². The van der Waals surface area contributed by atoms with Gasteiger partial charge in [-0.3, -0.25) is 0 Å². The standard InChI is InChI=1S/C8H4F2S2/c9-5-1-3-11-7(5)8-6(10)2-4-12-8/h1-4H. The topological polar surface area (TPSA) is 0 Å². The van der Waals surface area contributed by atoms with Crippen LogP contribution in [0.2, 0.25) is 0 Å². The molecule has 0 spiro atoms. The first-order valence-corrected chi connectivity index (χ1v) is 5.01. The van der Waals surface area contributed by atoms with E-state index >= 15 is 0 Å². The molecular formula is C8H4F2S2. The van der Waals surface area contributed by atoms with Gasteiger partial charge >= 0.3 is 0 Å². The second-order valence-electron chi connectivity index (χ2n) is 2.20. The Labute approximate surface area is 76.1 Å². The van der Waals surface area contributed by atoms with Crippen LogP contribution in [0.1, 0.15) is 0 Å². The molecular weight excluding hydrogens is 198 g/mol. The Morgan fingerprint density at radius 1 is 0.833 bits per heavy atom. The van der Waals surface area contributed by atoms with Crippen LogP contribution < -0.4 is 0 Å². The van der Waals surface area contributed by atoms with Crippen molar-refractivity contribution in [1.29, 1.82) is 0 Å². The van der Waals surface area contributed by atoms with Crippen molar-refractivity contribution >= 4 is 22.7 Å². The molecule has 4 heteroatoms. The summed E-state index contributed by atoms with van der Waals surface area (Å²) in [7, 11) is 0. The van der Waals surface area contributed by atoms with Gasteiger partial charge in [-0.2, -0.15) is 0 Å². The molecule has 2 rings (SSSR count). The van der Waals surface area contributed by atoms with Crippen LogP contribution >= 0.6 is 22.7 Å². The van der Waals surface area contributed by atoms with E-state index in [1.165, 1.54) is 34.8 Å². The summed E-state index contributed by atoms with van der Waals surface area (Å²) >= 11 is 2.43. The highest BCUT2D eigenvalue weighted by molar-refractivity contribution is 7.20. The molecule has 12 heavy (non-hydrogen) atoms. The molecule has 0 saturated carbocycles. The number of rotatable bonds is 1. The van der Waals surface area contributed by atoms with E-state index in [0.717, 1.165) is 0 Å². The lowest BCUT2D eigenvalue weighted by molar-refractivity contribution is 0.624. The van der Waals surface area contributed by atoms with Crippen molar-refractivity contribution in [1.82, 2.24) is 0 Å². The molecule has 0 N–H and O–H groups in total. The van der Waals surface area contributed by atoms with Gasteiger partial charge in [-0.15, -0.1) is 22.7 Å². The molecule has 0 saturated heterocycles. The number of halogens is 2. The summed E-state index contributed by atoms with van der Waals surface area (Å²) in [5.41, 5.74) is 0. The zero-order valence-electron chi connectivity index (χ0n) is 5.88. The van der Waals surface area contributed by atoms with E-state index in [9.17, 15) is 8.78 Å². The van der Waals surface area contributed by atoms with Crippen molar-refractivity contribution < 1.29 is 8.78 Å². The lowest BCUT2D eigenvalue weighted by Crippen LogP contribution is -1.74. The van der Waals surface area contributed by atoms with Gasteiger partial charge in [0.2, 0.25) is 0 Å². The second-order valence-corrected chi connectivity index (χ2v) is 4.03. The van der Waals surface area contributed by atoms with Crippen molar-refractivity contribution in [3.63, 3.8) is 0 Å². The molecule has 2 aromatic heterocycles. The third-order valence-corrected chi connectivity index (χ3v) is 3.38. The molecule has 0 atom stereocenters. The van der Waals surface area contributed by atoms with E-state index in [4.69, 9.17) is 0 Å². The Kier molecular flexibility index (Phi) is 1.94. The Morgan fingerprint density at radius 3 is 1.50 bits per heavy atom. The minimum atomic E-state index is -0.346. The van der Waals surface area contributed by atoms with Gasteiger partial charge in [0.15, 0.2) is 0 Å². The van der Waals surface area contributed by atoms with Gasteiger partial charge in [-0.1, -0.05) is 0 Å². The molecule has 0 aliphatic carbocycles. The third-order valence-electron chi connectivity index (χ3n) is 1.44. The first kappa shape index (κ1) is 7.89. The van der Waals surface area contributed by atoms with Crippen LogP contribution in [0.15, 0.2) is 22.9 Å². The lowest BCUT2D eigenvalue weighted by Gasteiger charge is -1.91. The Bertz CT molecular complexity index is 351. The van der Waals surface area contributed by atoms with E-state index in [1.54, 1.807) is 10.8 Å². The lowest BCUT2D eigenvalue weighted by atomic mass is 10.3. The van der Waals surface area contributed by atoms with Gasteiger partial charge < -0.3 is 0 Å². The van der Waals surface area contributed by atoms with Gasteiger partial charge in [-0.05, 0) is 22.9 Å². The molecule has 0 amide bonds. The zero-order chi connectivity index (χ0) is 8.55. The number of thiophene rings is 2. The van der Waals surface area contributed by atoms with Gasteiger partial charge in [0.25, 0.3) is 0 Å². The molecule has 0 aromatic carbocycles. The average molecular weight is 202 g/mol. The van der Waals surface area contributed by atoms with E-state index in [0.29, 0.717) is 9.75 Å². The van der Waals surface area contributed by atoms with Crippen molar-refractivity contribution in [3.8, 4) is 9.75 Å². The summed E-state index contributed by atoms with van der Waals surface area (Å²) in [4.78, 5) is 0.782. The largest absolute Gasteiger partial charge is 0.205 e. The number of hydrogen-bond acceptors (Lipinski definition) is 2. The normalized spacial score (nSPS) is 10.5. The van der Waals surface area contributed by atoms with Crippen molar-refractivity contribution in [2.75, 3.05) is 0 Å². The summed E-state index contributed by atoms with van der Waals surface area (Å²) < 4.78 is 25.9. The molecule has 62 valence electrons. The smallest absolute Gasteiger partial charge is 0.142 e. The Hall–Kier alpha value is -0.740. The van der Waals surface area contributed by atoms with Crippen LogP contribution in [0.5, 0.6) is 0 Å². The van der Waals surface area contributed by atoms with Gasteiger partial charge in [-0.25, -0.2) is 8.78 Å². The third kappa shape index (κ3) is 1.17. The Balaban J connectivity index is 2.57. The summed E-state index contributed by atoms with van der Waals surface area (Å²) in [6.07, 6.45) is 0. The van der Waals surface area contributed by atoms with Gasteiger partial charge in [0.05, 0.1) is 9.75 Å². The molecule has 2 heterocycles. The molecule has 0 nitrogen and oxygen atoms in total. The fourth-order valence-corrected chi connectivity index (χ4v) is 2.62. The van der Waals surface area contributed by atoms with E-state index in [-0.39, 0.29) is 11.6 Å². The first-order chi connectivity index (χ1) is 5.79. The molecule has 0 radical (unpaired) electrons. The molecule has 0 aliphatic rings. The summed E-state index contributed by atoms with van der Waals surface area (Å²) in [6.45, 7) is 0. The highest BCUT2D eigenvalue weighted by Crippen LogP contribution is 2.34. The SMILES string of the molecule is Fc1ccsc1-c1sccc1F. The average Bonchev–Trinajstić information content (AvgIpc) is 2.59. The van der Waals surface area contributed by atoms with Crippen LogP contribution in [0.3, 0.4) is 0 Å². The monoisotopic (exact) mass is 202 g/mol. The van der Waals surface area contributed by atoms with Crippen LogP contribution in [0.4, 0.5) is 8.78 Å².